The minimum Gasteiger partial charge on any atom is -0.497 e. The van der Waals surface area contributed by atoms with Crippen LogP contribution >= 0.6 is 0 Å². The van der Waals surface area contributed by atoms with E-state index in [0.717, 1.165) is 66.8 Å². The smallest absolute Gasteiger partial charge is 0.258 e. The summed E-state index contributed by atoms with van der Waals surface area (Å²) in [5.41, 5.74) is 1.49. The van der Waals surface area contributed by atoms with Gasteiger partial charge in [-0.1, -0.05) is 12.8 Å². The SMILES string of the molecule is COc1ccc2[nH]c(=O)c([C@H](c3nnnn3C3CCCC3)[NH+]3CCCCC3)cc2c1. The van der Waals surface area contributed by atoms with Gasteiger partial charge in [-0.2, -0.15) is 0 Å². The summed E-state index contributed by atoms with van der Waals surface area (Å²) >= 11 is 0. The Morgan fingerprint density at radius 1 is 1.13 bits per heavy atom. The molecule has 0 amide bonds. The summed E-state index contributed by atoms with van der Waals surface area (Å²) < 4.78 is 7.40. The van der Waals surface area contributed by atoms with Gasteiger partial charge in [-0.15, -0.1) is 5.10 Å². The van der Waals surface area contributed by atoms with Crippen molar-refractivity contribution in [3.63, 3.8) is 0 Å². The number of piperidine rings is 1. The van der Waals surface area contributed by atoms with Crippen LogP contribution in [0.25, 0.3) is 10.9 Å². The van der Waals surface area contributed by atoms with Crippen molar-refractivity contribution in [3.8, 4) is 5.75 Å². The van der Waals surface area contributed by atoms with Gasteiger partial charge in [-0.25, -0.2) is 4.68 Å². The Labute approximate surface area is 175 Å². The number of pyridine rings is 1. The monoisotopic (exact) mass is 409 g/mol. The van der Waals surface area contributed by atoms with Crippen LogP contribution in [0.1, 0.15) is 68.4 Å². The van der Waals surface area contributed by atoms with E-state index in [1.165, 1.54) is 24.2 Å². The van der Waals surface area contributed by atoms with Crippen molar-refractivity contribution in [2.45, 2.75) is 57.0 Å². The Morgan fingerprint density at radius 3 is 2.70 bits per heavy atom. The van der Waals surface area contributed by atoms with E-state index >= 15 is 0 Å². The Kier molecular flexibility index (Phi) is 5.25. The van der Waals surface area contributed by atoms with Gasteiger partial charge >= 0.3 is 0 Å². The molecule has 5 rings (SSSR count). The number of likely N-dealkylation sites (tertiary alicyclic amines) is 1. The number of hydrogen-bond acceptors (Lipinski definition) is 5. The van der Waals surface area contributed by atoms with Crippen molar-refractivity contribution in [1.82, 2.24) is 25.2 Å². The third-order valence-electron chi connectivity index (χ3n) is 6.74. The molecule has 2 fully saturated rings. The molecule has 1 aliphatic carbocycles. The van der Waals surface area contributed by atoms with Crippen molar-refractivity contribution < 1.29 is 9.64 Å². The fourth-order valence-corrected chi connectivity index (χ4v) is 5.18. The van der Waals surface area contributed by atoms with Gasteiger partial charge in [-0.05, 0) is 66.8 Å². The molecule has 30 heavy (non-hydrogen) atoms. The van der Waals surface area contributed by atoms with Crippen LogP contribution in [0.4, 0.5) is 0 Å². The Bertz CT molecular complexity index is 1080. The predicted octanol–water partition coefficient (Wildman–Crippen LogP) is 1.80. The van der Waals surface area contributed by atoms with E-state index in [1.807, 2.05) is 28.9 Å². The number of nitrogens with zero attached hydrogens (tertiary/aromatic N) is 4. The van der Waals surface area contributed by atoms with E-state index in [2.05, 4.69) is 20.5 Å². The van der Waals surface area contributed by atoms with E-state index in [0.29, 0.717) is 6.04 Å². The summed E-state index contributed by atoms with van der Waals surface area (Å²) in [5.74, 6) is 1.60. The number of benzene rings is 1. The molecule has 0 bridgehead atoms. The Balaban J connectivity index is 1.65. The first-order valence-electron chi connectivity index (χ1n) is 11.1. The lowest BCUT2D eigenvalue weighted by Gasteiger charge is -2.31. The number of hydrogen-bond donors (Lipinski definition) is 2. The van der Waals surface area contributed by atoms with Crippen LogP contribution < -0.4 is 15.2 Å². The summed E-state index contributed by atoms with van der Waals surface area (Å²) in [4.78, 5) is 17.7. The lowest BCUT2D eigenvalue weighted by molar-refractivity contribution is -0.931. The van der Waals surface area contributed by atoms with E-state index in [-0.39, 0.29) is 11.6 Å². The minimum atomic E-state index is -0.166. The molecule has 2 aromatic heterocycles. The second kappa shape index (κ2) is 8.18. The summed E-state index contributed by atoms with van der Waals surface area (Å²) in [6.07, 6.45) is 8.20. The third kappa shape index (κ3) is 3.49. The lowest BCUT2D eigenvalue weighted by Crippen LogP contribution is -3.13. The molecule has 0 unspecified atom stereocenters. The number of aromatic amines is 1. The summed E-state index contributed by atoms with van der Waals surface area (Å²) in [7, 11) is 1.66. The van der Waals surface area contributed by atoms with Gasteiger partial charge in [0.1, 0.15) is 5.75 Å². The number of nitrogens with one attached hydrogen (secondary N) is 2. The molecule has 3 heterocycles. The Morgan fingerprint density at radius 2 is 1.93 bits per heavy atom. The van der Waals surface area contributed by atoms with Crippen LogP contribution in [0.3, 0.4) is 0 Å². The average molecular weight is 410 g/mol. The first kappa shape index (κ1) is 19.2. The first-order chi connectivity index (χ1) is 14.7. The molecule has 1 saturated carbocycles. The molecule has 0 spiro atoms. The second-order valence-corrected chi connectivity index (χ2v) is 8.58. The fraction of sp³-hybridized carbons (Fsp3) is 0.545. The molecule has 2 N–H and O–H groups in total. The topological polar surface area (TPSA) is 90.1 Å². The fourth-order valence-electron chi connectivity index (χ4n) is 5.18. The van der Waals surface area contributed by atoms with Crippen molar-refractivity contribution in [1.29, 1.82) is 0 Å². The number of quaternary nitrogens is 1. The number of fused-ring (bicyclic) bond motifs is 1. The van der Waals surface area contributed by atoms with Crippen LogP contribution in [0.15, 0.2) is 29.1 Å². The van der Waals surface area contributed by atoms with Crippen LogP contribution in [0.2, 0.25) is 0 Å². The molecule has 158 valence electrons. The molecule has 2 aliphatic rings. The number of tetrazole rings is 1. The van der Waals surface area contributed by atoms with Crippen molar-refractivity contribution in [3.05, 3.63) is 46.0 Å². The quantitative estimate of drug-likeness (QED) is 0.671. The highest BCUT2D eigenvalue weighted by molar-refractivity contribution is 5.80. The average Bonchev–Trinajstić information content (AvgIpc) is 3.47. The molecule has 3 aromatic rings. The van der Waals surface area contributed by atoms with E-state index < -0.39 is 0 Å². The highest BCUT2D eigenvalue weighted by Crippen LogP contribution is 2.31. The highest BCUT2D eigenvalue weighted by Gasteiger charge is 2.36. The molecule has 0 radical (unpaired) electrons. The van der Waals surface area contributed by atoms with Crippen LogP contribution in [0.5, 0.6) is 5.75 Å². The predicted molar refractivity (Wildman–Crippen MR) is 113 cm³/mol. The largest absolute Gasteiger partial charge is 0.497 e. The van der Waals surface area contributed by atoms with Crippen molar-refractivity contribution >= 4 is 10.9 Å². The van der Waals surface area contributed by atoms with Crippen LogP contribution in [0, 0.1) is 0 Å². The maximum Gasteiger partial charge on any atom is 0.258 e. The van der Waals surface area contributed by atoms with E-state index in [9.17, 15) is 4.79 Å². The van der Waals surface area contributed by atoms with Crippen LogP contribution in [-0.2, 0) is 0 Å². The molecule has 1 aliphatic heterocycles. The van der Waals surface area contributed by atoms with Gasteiger partial charge in [-0.3, -0.25) is 4.79 Å². The summed E-state index contributed by atoms with van der Waals surface area (Å²) in [6, 6.07) is 7.91. The normalized spacial score (nSPS) is 19.4. The third-order valence-corrected chi connectivity index (χ3v) is 6.74. The zero-order chi connectivity index (χ0) is 20.5. The molecule has 8 nitrogen and oxygen atoms in total. The zero-order valence-electron chi connectivity index (χ0n) is 17.4. The van der Waals surface area contributed by atoms with E-state index in [4.69, 9.17) is 4.74 Å². The molecular weight excluding hydrogens is 380 g/mol. The molecule has 8 heteroatoms. The zero-order valence-corrected chi connectivity index (χ0v) is 17.4. The number of ether oxygens (including phenoxy) is 1. The summed E-state index contributed by atoms with van der Waals surface area (Å²) in [5, 5.41) is 13.8. The van der Waals surface area contributed by atoms with Gasteiger partial charge in [0.25, 0.3) is 5.56 Å². The van der Waals surface area contributed by atoms with Gasteiger partial charge < -0.3 is 14.6 Å². The maximum absolute atomic E-state index is 13.2. The molecule has 1 aromatic carbocycles. The van der Waals surface area contributed by atoms with Crippen LogP contribution in [-0.4, -0.2) is 45.4 Å². The van der Waals surface area contributed by atoms with Crippen molar-refractivity contribution in [2.75, 3.05) is 20.2 Å². The minimum absolute atomic E-state index is 0.0586. The number of H-pyrrole nitrogens is 1. The number of methoxy groups -OCH3 is 1. The second-order valence-electron chi connectivity index (χ2n) is 8.58. The standard InChI is InChI=1S/C22H28N6O2/c1-30-17-9-10-19-15(13-17)14-18(22(29)23-19)20(27-11-5-2-6-12-27)21-24-25-26-28(21)16-7-3-4-8-16/h9-10,13-14,16,20H,2-8,11-12H2,1H3,(H,23,29)/p+1/t20-/m1/s1. The van der Waals surface area contributed by atoms with Gasteiger partial charge in [0.05, 0.1) is 31.8 Å². The summed E-state index contributed by atoms with van der Waals surface area (Å²) in [6.45, 7) is 2.05. The van der Waals surface area contributed by atoms with Gasteiger partial charge in [0, 0.05) is 10.9 Å². The Hall–Kier alpha value is -2.74. The van der Waals surface area contributed by atoms with Gasteiger partial charge in [0.2, 0.25) is 5.82 Å². The first-order valence-corrected chi connectivity index (χ1v) is 11.1. The lowest BCUT2D eigenvalue weighted by atomic mass is 10.00. The number of rotatable bonds is 5. The van der Waals surface area contributed by atoms with E-state index in [1.54, 1.807) is 7.11 Å². The molecular formula is C22H29N6O2+. The molecule has 1 saturated heterocycles. The van der Waals surface area contributed by atoms with Gasteiger partial charge in [0.15, 0.2) is 6.04 Å². The number of aromatic nitrogens is 5. The molecule has 1 atom stereocenters. The van der Waals surface area contributed by atoms with Crippen molar-refractivity contribution in [2.24, 2.45) is 0 Å². The maximum atomic E-state index is 13.2. The highest BCUT2D eigenvalue weighted by atomic mass is 16.5.